The lowest BCUT2D eigenvalue weighted by atomic mass is 9.93. The molecule has 0 atom stereocenters. The van der Waals surface area contributed by atoms with Crippen LogP contribution in [0.15, 0.2) is 0 Å². The van der Waals surface area contributed by atoms with Gasteiger partial charge in [0.1, 0.15) is 5.78 Å². The highest BCUT2D eigenvalue weighted by atomic mass is 16.1. The first-order chi connectivity index (χ1) is 8.83. The van der Waals surface area contributed by atoms with E-state index in [1.54, 1.807) is 0 Å². The first-order valence-corrected chi connectivity index (χ1v) is 8.34. The fraction of sp³-hybridized carbons (Fsp3) is 0.941. The van der Waals surface area contributed by atoms with E-state index in [0.29, 0.717) is 5.78 Å². The predicted molar refractivity (Wildman–Crippen MR) is 78.8 cm³/mol. The fourth-order valence-corrected chi connectivity index (χ4v) is 3.07. The summed E-state index contributed by atoms with van der Waals surface area (Å²) in [5.74, 6) is 1.38. The Labute approximate surface area is 114 Å². The average molecular weight is 252 g/mol. The van der Waals surface area contributed by atoms with Crippen molar-refractivity contribution in [3.63, 3.8) is 0 Å². The zero-order valence-corrected chi connectivity index (χ0v) is 12.4. The molecule has 0 unspecified atom stereocenters. The Kier molecular flexibility index (Phi) is 9.24. The van der Waals surface area contributed by atoms with Gasteiger partial charge in [-0.15, -0.1) is 0 Å². The summed E-state index contributed by atoms with van der Waals surface area (Å²) in [5, 5.41) is 0. The Bertz CT molecular complexity index is 202. The number of unbranched alkanes of at least 4 members (excludes halogenated alkanes) is 4. The van der Waals surface area contributed by atoms with Crippen LogP contribution < -0.4 is 0 Å². The van der Waals surface area contributed by atoms with Gasteiger partial charge in [0.05, 0.1) is 0 Å². The fourth-order valence-electron chi connectivity index (χ4n) is 3.07. The second-order valence-electron chi connectivity index (χ2n) is 6.10. The Morgan fingerprint density at radius 3 is 2.22 bits per heavy atom. The van der Waals surface area contributed by atoms with Crippen molar-refractivity contribution in [2.45, 2.75) is 96.8 Å². The third-order valence-electron chi connectivity index (χ3n) is 4.37. The van der Waals surface area contributed by atoms with Gasteiger partial charge < -0.3 is 0 Å². The van der Waals surface area contributed by atoms with Crippen molar-refractivity contribution < 1.29 is 4.79 Å². The average Bonchev–Trinajstić information content (AvgIpc) is 2.64. The van der Waals surface area contributed by atoms with Crippen LogP contribution in [0.3, 0.4) is 0 Å². The van der Waals surface area contributed by atoms with Gasteiger partial charge >= 0.3 is 0 Å². The summed E-state index contributed by atoms with van der Waals surface area (Å²) >= 11 is 0. The highest BCUT2D eigenvalue weighted by Gasteiger charge is 2.13. The van der Waals surface area contributed by atoms with E-state index in [-0.39, 0.29) is 0 Å². The van der Waals surface area contributed by atoms with Crippen molar-refractivity contribution in [3.05, 3.63) is 0 Å². The Morgan fingerprint density at radius 1 is 0.889 bits per heavy atom. The standard InChI is InChI=1S/C17H32O/c1-2-3-4-5-10-13-17(18)15-14-16-11-8-6-7-9-12-16/h16H,2-15H2,1H3. The molecule has 0 amide bonds. The van der Waals surface area contributed by atoms with Crippen LogP contribution in [-0.4, -0.2) is 5.78 Å². The number of ketones is 1. The summed E-state index contributed by atoms with van der Waals surface area (Å²) < 4.78 is 0. The topological polar surface area (TPSA) is 17.1 Å². The van der Waals surface area contributed by atoms with Gasteiger partial charge in [-0.2, -0.15) is 0 Å². The number of Topliss-reactive ketones (excluding diaryl/α,β-unsaturated/α-hetero) is 1. The molecule has 0 aromatic heterocycles. The Hall–Kier alpha value is -0.330. The molecule has 106 valence electrons. The quantitative estimate of drug-likeness (QED) is 0.382. The van der Waals surface area contributed by atoms with Gasteiger partial charge in [-0.1, -0.05) is 71.1 Å². The van der Waals surface area contributed by atoms with Crippen LogP contribution in [0.5, 0.6) is 0 Å². The van der Waals surface area contributed by atoms with Crippen molar-refractivity contribution in [1.29, 1.82) is 0 Å². The SMILES string of the molecule is CCCCCCCC(=O)CCC1CCCCCC1. The van der Waals surface area contributed by atoms with Crippen LogP contribution in [0, 0.1) is 5.92 Å². The zero-order chi connectivity index (χ0) is 13.1. The van der Waals surface area contributed by atoms with Crippen molar-refractivity contribution in [2.24, 2.45) is 5.92 Å². The lowest BCUT2D eigenvalue weighted by Gasteiger charge is -2.12. The third-order valence-corrected chi connectivity index (χ3v) is 4.37. The second kappa shape index (κ2) is 10.6. The summed E-state index contributed by atoms with van der Waals surface area (Å²) in [5.41, 5.74) is 0. The van der Waals surface area contributed by atoms with E-state index in [9.17, 15) is 4.79 Å². The minimum Gasteiger partial charge on any atom is -0.300 e. The lowest BCUT2D eigenvalue weighted by Crippen LogP contribution is -2.04. The minimum atomic E-state index is 0.524. The smallest absolute Gasteiger partial charge is 0.132 e. The molecular formula is C17H32O. The maximum absolute atomic E-state index is 11.8. The predicted octanol–water partition coefficient (Wildman–Crippen LogP) is 5.67. The van der Waals surface area contributed by atoms with Gasteiger partial charge in [-0.25, -0.2) is 0 Å². The van der Waals surface area contributed by atoms with Crippen molar-refractivity contribution in [1.82, 2.24) is 0 Å². The van der Waals surface area contributed by atoms with Crippen molar-refractivity contribution in [2.75, 3.05) is 0 Å². The van der Waals surface area contributed by atoms with E-state index in [2.05, 4.69) is 6.92 Å². The van der Waals surface area contributed by atoms with Crippen LogP contribution in [0.2, 0.25) is 0 Å². The maximum Gasteiger partial charge on any atom is 0.132 e. The van der Waals surface area contributed by atoms with Gasteiger partial charge in [-0.05, 0) is 18.8 Å². The van der Waals surface area contributed by atoms with Crippen LogP contribution >= 0.6 is 0 Å². The number of carbonyl (C=O) groups excluding carboxylic acids is 1. The summed E-state index contributed by atoms with van der Waals surface area (Å²) in [6.07, 6.45) is 17.6. The molecule has 1 nitrogen and oxygen atoms in total. The number of hydrogen-bond donors (Lipinski definition) is 0. The maximum atomic E-state index is 11.8. The molecule has 1 rings (SSSR count). The molecule has 0 bridgehead atoms. The molecule has 1 aliphatic carbocycles. The minimum absolute atomic E-state index is 0.524. The molecule has 0 heterocycles. The van der Waals surface area contributed by atoms with Crippen LogP contribution in [0.1, 0.15) is 96.8 Å². The molecule has 1 saturated carbocycles. The van der Waals surface area contributed by atoms with E-state index in [1.165, 1.54) is 70.6 Å². The largest absolute Gasteiger partial charge is 0.300 e. The van der Waals surface area contributed by atoms with Gasteiger partial charge in [0.25, 0.3) is 0 Å². The van der Waals surface area contributed by atoms with E-state index >= 15 is 0 Å². The molecule has 1 aliphatic rings. The molecule has 0 aromatic rings. The first-order valence-electron chi connectivity index (χ1n) is 8.34. The molecule has 0 spiro atoms. The van der Waals surface area contributed by atoms with E-state index in [1.807, 2.05) is 0 Å². The van der Waals surface area contributed by atoms with Crippen molar-refractivity contribution in [3.8, 4) is 0 Å². The second-order valence-corrected chi connectivity index (χ2v) is 6.10. The lowest BCUT2D eigenvalue weighted by molar-refractivity contribution is -0.119. The third kappa shape index (κ3) is 7.89. The van der Waals surface area contributed by atoms with Gasteiger partial charge in [0, 0.05) is 12.8 Å². The number of hydrogen-bond acceptors (Lipinski definition) is 1. The van der Waals surface area contributed by atoms with Gasteiger partial charge in [0.15, 0.2) is 0 Å². The number of rotatable bonds is 9. The molecule has 0 saturated heterocycles. The normalized spacial score (nSPS) is 17.6. The molecule has 1 heteroatoms. The molecule has 0 radical (unpaired) electrons. The Balaban J connectivity index is 1.98. The highest BCUT2D eigenvalue weighted by molar-refractivity contribution is 5.78. The summed E-state index contributed by atoms with van der Waals surface area (Å²) in [6, 6.07) is 0. The van der Waals surface area contributed by atoms with Crippen LogP contribution in [0.25, 0.3) is 0 Å². The van der Waals surface area contributed by atoms with Gasteiger partial charge in [0.2, 0.25) is 0 Å². The van der Waals surface area contributed by atoms with Gasteiger partial charge in [-0.3, -0.25) is 4.79 Å². The molecule has 0 aliphatic heterocycles. The molecule has 1 fully saturated rings. The first kappa shape index (κ1) is 15.7. The van der Waals surface area contributed by atoms with Crippen LogP contribution in [-0.2, 0) is 4.79 Å². The molecule has 18 heavy (non-hydrogen) atoms. The zero-order valence-electron chi connectivity index (χ0n) is 12.4. The Morgan fingerprint density at radius 2 is 1.56 bits per heavy atom. The summed E-state index contributed by atoms with van der Waals surface area (Å²) in [6.45, 7) is 2.23. The van der Waals surface area contributed by atoms with E-state index < -0.39 is 0 Å². The number of carbonyl (C=O) groups is 1. The molecular weight excluding hydrogens is 220 g/mol. The molecule has 0 aromatic carbocycles. The summed E-state index contributed by atoms with van der Waals surface area (Å²) in [7, 11) is 0. The summed E-state index contributed by atoms with van der Waals surface area (Å²) in [4.78, 5) is 11.8. The highest BCUT2D eigenvalue weighted by Crippen LogP contribution is 2.26. The van der Waals surface area contributed by atoms with E-state index in [4.69, 9.17) is 0 Å². The van der Waals surface area contributed by atoms with E-state index in [0.717, 1.165) is 25.2 Å². The van der Waals surface area contributed by atoms with Crippen molar-refractivity contribution >= 4 is 5.78 Å². The monoisotopic (exact) mass is 252 g/mol. The van der Waals surface area contributed by atoms with Crippen LogP contribution in [0.4, 0.5) is 0 Å². The molecule has 0 N–H and O–H groups in total.